The average molecular weight is 256 g/mol. The summed E-state index contributed by atoms with van der Waals surface area (Å²) in [6, 6.07) is 8.75. The normalized spacial score (nSPS) is 12.2. The largest absolute Gasteiger partial charge is 0.388 e. The van der Waals surface area contributed by atoms with E-state index in [4.69, 9.17) is 4.98 Å². The molecule has 0 saturated carbocycles. The number of rotatable bonds is 2. The van der Waals surface area contributed by atoms with Gasteiger partial charge in [-0.25, -0.2) is 0 Å². The molecule has 0 atom stereocenters. The summed E-state index contributed by atoms with van der Waals surface area (Å²) in [7, 11) is 1.98. The second-order valence-corrected chi connectivity index (χ2v) is 6.49. The molecule has 2 rings (SSSR count). The Balaban J connectivity index is 2.70. The van der Waals surface area contributed by atoms with Crippen LogP contribution in [-0.2, 0) is 5.41 Å². The molecular weight excluding hydrogens is 232 g/mol. The van der Waals surface area contributed by atoms with E-state index >= 15 is 0 Å². The van der Waals surface area contributed by atoms with E-state index in [1.54, 1.807) is 0 Å². The van der Waals surface area contributed by atoms with E-state index in [9.17, 15) is 0 Å². The van der Waals surface area contributed by atoms with E-state index in [0.717, 1.165) is 16.9 Å². The lowest BCUT2D eigenvalue weighted by Crippen LogP contribution is -2.14. The molecule has 2 heteroatoms. The zero-order valence-electron chi connectivity index (χ0n) is 12.8. The van der Waals surface area contributed by atoms with E-state index in [1.165, 1.54) is 10.9 Å². The molecular formula is C17H24N2. The molecule has 0 aliphatic heterocycles. The fourth-order valence-corrected chi connectivity index (χ4v) is 2.19. The van der Waals surface area contributed by atoms with Crippen LogP contribution in [0.2, 0.25) is 0 Å². The van der Waals surface area contributed by atoms with Crippen LogP contribution in [0.4, 0.5) is 5.69 Å². The molecule has 1 aromatic carbocycles. The molecule has 0 bridgehead atoms. The summed E-state index contributed by atoms with van der Waals surface area (Å²) in [6.07, 6.45) is 0. The van der Waals surface area contributed by atoms with E-state index in [2.05, 4.69) is 64.2 Å². The van der Waals surface area contributed by atoms with Crippen molar-refractivity contribution in [3.63, 3.8) is 0 Å². The van der Waals surface area contributed by atoms with Crippen molar-refractivity contribution in [2.75, 3.05) is 12.4 Å². The molecule has 1 N–H and O–H groups in total. The summed E-state index contributed by atoms with van der Waals surface area (Å²) in [5.41, 5.74) is 4.78. The average Bonchev–Trinajstić information content (AvgIpc) is 2.35. The summed E-state index contributed by atoms with van der Waals surface area (Å²) < 4.78 is 0. The number of nitrogens with one attached hydrogen (secondary N) is 1. The highest BCUT2D eigenvalue weighted by Gasteiger charge is 2.17. The minimum absolute atomic E-state index is 0.0660. The first-order chi connectivity index (χ1) is 8.82. The standard InChI is InChI=1S/C17H24N2/c1-11(2)12-7-8-14-13(9-12)15(18-6)10-16(19-14)17(3,4)5/h7-11H,1-6H3,(H,18,19). The van der Waals surface area contributed by atoms with Gasteiger partial charge in [-0.15, -0.1) is 0 Å². The smallest absolute Gasteiger partial charge is 0.0726 e. The number of anilines is 1. The summed E-state index contributed by atoms with van der Waals surface area (Å²) in [4.78, 5) is 4.82. The van der Waals surface area contributed by atoms with Gasteiger partial charge in [0, 0.05) is 29.2 Å². The van der Waals surface area contributed by atoms with Crippen molar-refractivity contribution in [3.8, 4) is 0 Å². The van der Waals surface area contributed by atoms with Crippen molar-refractivity contribution in [2.45, 2.75) is 46.0 Å². The number of benzene rings is 1. The number of hydrogen-bond acceptors (Lipinski definition) is 2. The van der Waals surface area contributed by atoms with Crippen LogP contribution in [0.25, 0.3) is 10.9 Å². The lowest BCUT2D eigenvalue weighted by Gasteiger charge is -2.20. The van der Waals surface area contributed by atoms with E-state index in [0.29, 0.717) is 5.92 Å². The molecule has 102 valence electrons. The second kappa shape index (κ2) is 4.84. The van der Waals surface area contributed by atoms with Gasteiger partial charge in [-0.1, -0.05) is 40.7 Å². The third-order valence-electron chi connectivity index (χ3n) is 3.54. The van der Waals surface area contributed by atoms with Gasteiger partial charge >= 0.3 is 0 Å². The highest BCUT2D eigenvalue weighted by molar-refractivity contribution is 5.92. The molecule has 0 aliphatic rings. The number of hydrogen-bond donors (Lipinski definition) is 1. The van der Waals surface area contributed by atoms with Crippen molar-refractivity contribution in [3.05, 3.63) is 35.5 Å². The fraction of sp³-hybridized carbons (Fsp3) is 0.471. The third kappa shape index (κ3) is 2.73. The van der Waals surface area contributed by atoms with Crippen LogP contribution in [0, 0.1) is 0 Å². The molecule has 2 nitrogen and oxygen atoms in total. The van der Waals surface area contributed by atoms with Crippen molar-refractivity contribution in [2.24, 2.45) is 0 Å². The van der Waals surface area contributed by atoms with Gasteiger partial charge < -0.3 is 5.32 Å². The molecule has 0 fully saturated rings. The fourth-order valence-electron chi connectivity index (χ4n) is 2.19. The van der Waals surface area contributed by atoms with Crippen LogP contribution in [0.1, 0.15) is 51.8 Å². The van der Waals surface area contributed by atoms with Crippen LogP contribution < -0.4 is 5.32 Å². The monoisotopic (exact) mass is 256 g/mol. The highest BCUT2D eigenvalue weighted by Crippen LogP contribution is 2.30. The zero-order chi connectivity index (χ0) is 14.2. The van der Waals surface area contributed by atoms with Gasteiger partial charge in [0.2, 0.25) is 0 Å². The summed E-state index contributed by atoms with van der Waals surface area (Å²) >= 11 is 0. The number of fused-ring (bicyclic) bond motifs is 1. The Labute approximate surface area is 116 Å². The second-order valence-electron chi connectivity index (χ2n) is 6.49. The lowest BCUT2D eigenvalue weighted by molar-refractivity contribution is 0.572. The first kappa shape index (κ1) is 13.9. The first-order valence-corrected chi connectivity index (χ1v) is 6.96. The number of nitrogens with zero attached hydrogens (tertiary/aromatic N) is 1. The minimum Gasteiger partial charge on any atom is -0.388 e. The van der Waals surface area contributed by atoms with E-state index in [1.807, 2.05) is 7.05 Å². The van der Waals surface area contributed by atoms with Gasteiger partial charge in [0.1, 0.15) is 0 Å². The molecule has 0 radical (unpaired) electrons. The predicted molar refractivity (Wildman–Crippen MR) is 84.1 cm³/mol. The number of aromatic nitrogens is 1. The Morgan fingerprint density at radius 1 is 1.11 bits per heavy atom. The Bertz CT molecular complexity index is 592. The molecule has 0 unspecified atom stereocenters. The zero-order valence-corrected chi connectivity index (χ0v) is 12.8. The Morgan fingerprint density at radius 2 is 1.79 bits per heavy atom. The molecule has 1 heterocycles. The van der Waals surface area contributed by atoms with Crippen LogP contribution in [0.3, 0.4) is 0 Å². The number of pyridine rings is 1. The van der Waals surface area contributed by atoms with Gasteiger partial charge in [0.05, 0.1) is 5.52 Å². The lowest BCUT2D eigenvalue weighted by atomic mass is 9.90. The van der Waals surface area contributed by atoms with Gasteiger partial charge in [-0.2, -0.15) is 0 Å². The Kier molecular flexibility index (Phi) is 3.53. The Hall–Kier alpha value is -1.57. The molecule has 0 spiro atoms. The molecule has 1 aromatic heterocycles. The maximum Gasteiger partial charge on any atom is 0.0726 e. The highest BCUT2D eigenvalue weighted by atomic mass is 14.8. The van der Waals surface area contributed by atoms with Crippen LogP contribution in [0.5, 0.6) is 0 Å². The summed E-state index contributed by atoms with van der Waals surface area (Å²) in [6.45, 7) is 11.0. The van der Waals surface area contributed by atoms with E-state index in [-0.39, 0.29) is 5.41 Å². The molecule has 0 saturated heterocycles. The quantitative estimate of drug-likeness (QED) is 0.842. The molecule has 2 aromatic rings. The van der Waals surface area contributed by atoms with E-state index < -0.39 is 0 Å². The third-order valence-corrected chi connectivity index (χ3v) is 3.54. The van der Waals surface area contributed by atoms with Crippen molar-refractivity contribution in [1.82, 2.24) is 4.98 Å². The van der Waals surface area contributed by atoms with Crippen LogP contribution in [0.15, 0.2) is 24.3 Å². The van der Waals surface area contributed by atoms with Crippen molar-refractivity contribution >= 4 is 16.6 Å². The van der Waals surface area contributed by atoms with Gasteiger partial charge in [0.15, 0.2) is 0 Å². The van der Waals surface area contributed by atoms with Crippen LogP contribution >= 0.6 is 0 Å². The van der Waals surface area contributed by atoms with Crippen molar-refractivity contribution < 1.29 is 0 Å². The van der Waals surface area contributed by atoms with Gasteiger partial charge in [0.25, 0.3) is 0 Å². The maximum absolute atomic E-state index is 4.82. The van der Waals surface area contributed by atoms with Gasteiger partial charge in [-0.05, 0) is 29.7 Å². The van der Waals surface area contributed by atoms with Crippen LogP contribution in [-0.4, -0.2) is 12.0 Å². The molecule has 0 aliphatic carbocycles. The predicted octanol–water partition coefficient (Wildman–Crippen LogP) is 4.70. The Morgan fingerprint density at radius 3 is 2.32 bits per heavy atom. The SMILES string of the molecule is CNc1cc(C(C)(C)C)nc2ccc(C(C)C)cc12. The van der Waals surface area contributed by atoms with Gasteiger partial charge in [-0.3, -0.25) is 4.98 Å². The minimum atomic E-state index is 0.0660. The maximum atomic E-state index is 4.82. The van der Waals surface area contributed by atoms with Crippen molar-refractivity contribution in [1.29, 1.82) is 0 Å². The topological polar surface area (TPSA) is 24.9 Å². The molecule has 0 amide bonds. The summed E-state index contributed by atoms with van der Waals surface area (Å²) in [5, 5.41) is 4.52. The summed E-state index contributed by atoms with van der Waals surface area (Å²) in [5.74, 6) is 0.538. The molecule has 19 heavy (non-hydrogen) atoms. The first-order valence-electron chi connectivity index (χ1n) is 6.96.